The summed E-state index contributed by atoms with van der Waals surface area (Å²) in [5.74, 6) is 0.365. The van der Waals surface area contributed by atoms with Crippen molar-refractivity contribution in [1.29, 1.82) is 0 Å². The Balaban J connectivity index is 2.32. The number of pyridine rings is 1. The standard InChI is InChI=1S/C18H18N2O/c1-11(2)17-15-9-13(10-21)4-5-16(15)20-18(17)14-6-7-19-12(3)8-14/h4-11,20H,1-3H3. The highest BCUT2D eigenvalue weighted by atomic mass is 16.1. The number of aryl methyl sites for hydroxylation is 1. The van der Waals surface area contributed by atoms with Crippen LogP contribution >= 0.6 is 0 Å². The smallest absolute Gasteiger partial charge is 0.150 e. The molecule has 0 amide bonds. The van der Waals surface area contributed by atoms with Crippen molar-refractivity contribution in [3.8, 4) is 11.3 Å². The number of nitrogens with one attached hydrogen (secondary N) is 1. The van der Waals surface area contributed by atoms with Crippen LogP contribution < -0.4 is 0 Å². The van der Waals surface area contributed by atoms with E-state index in [1.54, 1.807) is 0 Å². The predicted octanol–water partition coefficient (Wildman–Crippen LogP) is 4.47. The van der Waals surface area contributed by atoms with Crippen molar-refractivity contribution in [2.75, 3.05) is 0 Å². The van der Waals surface area contributed by atoms with Gasteiger partial charge in [0.15, 0.2) is 0 Å². The lowest BCUT2D eigenvalue weighted by molar-refractivity contribution is 0.112. The molecular formula is C18H18N2O. The number of fused-ring (bicyclic) bond motifs is 1. The largest absolute Gasteiger partial charge is 0.354 e. The highest BCUT2D eigenvalue weighted by molar-refractivity contribution is 5.94. The van der Waals surface area contributed by atoms with E-state index in [1.165, 1.54) is 5.56 Å². The third kappa shape index (κ3) is 2.35. The first kappa shape index (κ1) is 13.6. The van der Waals surface area contributed by atoms with Crippen molar-refractivity contribution in [1.82, 2.24) is 9.97 Å². The molecule has 2 aromatic heterocycles. The quantitative estimate of drug-likeness (QED) is 0.718. The molecule has 106 valence electrons. The number of benzene rings is 1. The van der Waals surface area contributed by atoms with Gasteiger partial charge in [0.2, 0.25) is 0 Å². The van der Waals surface area contributed by atoms with E-state index in [-0.39, 0.29) is 0 Å². The van der Waals surface area contributed by atoms with Crippen LogP contribution in [0.5, 0.6) is 0 Å². The van der Waals surface area contributed by atoms with E-state index < -0.39 is 0 Å². The Labute approximate surface area is 124 Å². The maximum Gasteiger partial charge on any atom is 0.150 e. The van der Waals surface area contributed by atoms with E-state index in [4.69, 9.17) is 0 Å². The van der Waals surface area contributed by atoms with Gasteiger partial charge in [0.1, 0.15) is 6.29 Å². The zero-order valence-corrected chi connectivity index (χ0v) is 12.5. The number of hydrogen-bond acceptors (Lipinski definition) is 2. The predicted molar refractivity (Wildman–Crippen MR) is 85.7 cm³/mol. The molecule has 3 heteroatoms. The summed E-state index contributed by atoms with van der Waals surface area (Å²) in [6.45, 7) is 6.34. The molecule has 0 saturated heterocycles. The molecule has 0 fully saturated rings. The van der Waals surface area contributed by atoms with Crippen LogP contribution in [0.4, 0.5) is 0 Å². The van der Waals surface area contributed by atoms with Gasteiger partial charge in [-0.1, -0.05) is 13.8 Å². The number of rotatable bonds is 3. The van der Waals surface area contributed by atoms with Crippen molar-refractivity contribution in [2.45, 2.75) is 26.7 Å². The summed E-state index contributed by atoms with van der Waals surface area (Å²) in [5, 5.41) is 1.12. The molecule has 0 aliphatic heterocycles. The number of aldehydes is 1. The van der Waals surface area contributed by atoms with Crippen molar-refractivity contribution < 1.29 is 4.79 Å². The third-order valence-corrected chi connectivity index (χ3v) is 3.76. The minimum Gasteiger partial charge on any atom is -0.354 e. The van der Waals surface area contributed by atoms with Gasteiger partial charge in [-0.25, -0.2) is 0 Å². The number of aromatic amines is 1. The Morgan fingerprint density at radius 1 is 1.19 bits per heavy atom. The van der Waals surface area contributed by atoms with Crippen LogP contribution in [-0.4, -0.2) is 16.3 Å². The molecule has 0 bridgehead atoms. The average Bonchev–Trinajstić information content (AvgIpc) is 2.85. The van der Waals surface area contributed by atoms with E-state index >= 15 is 0 Å². The van der Waals surface area contributed by atoms with E-state index in [0.29, 0.717) is 11.5 Å². The summed E-state index contributed by atoms with van der Waals surface area (Å²) < 4.78 is 0. The van der Waals surface area contributed by atoms with Crippen LogP contribution in [0.2, 0.25) is 0 Å². The molecule has 0 aliphatic carbocycles. The van der Waals surface area contributed by atoms with E-state index in [1.807, 2.05) is 37.4 Å². The van der Waals surface area contributed by atoms with Gasteiger partial charge in [0.25, 0.3) is 0 Å². The minimum atomic E-state index is 0.365. The zero-order chi connectivity index (χ0) is 15.0. The molecule has 3 rings (SSSR count). The fraction of sp³-hybridized carbons (Fsp3) is 0.222. The SMILES string of the molecule is Cc1cc(-c2[nH]c3ccc(C=O)cc3c2C(C)C)ccn1. The summed E-state index contributed by atoms with van der Waals surface area (Å²) in [4.78, 5) is 18.8. The van der Waals surface area contributed by atoms with E-state index in [2.05, 4.69) is 29.9 Å². The normalized spacial score (nSPS) is 11.2. The molecule has 3 aromatic rings. The first-order valence-electron chi connectivity index (χ1n) is 7.14. The van der Waals surface area contributed by atoms with Crippen LogP contribution in [0.15, 0.2) is 36.5 Å². The van der Waals surface area contributed by atoms with Gasteiger partial charge in [-0.15, -0.1) is 0 Å². The summed E-state index contributed by atoms with van der Waals surface area (Å²) in [7, 11) is 0. The van der Waals surface area contributed by atoms with Crippen LogP contribution in [-0.2, 0) is 0 Å². The minimum absolute atomic E-state index is 0.365. The van der Waals surface area contributed by atoms with Gasteiger partial charge >= 0.3 is 0 Å². The fourth-order valence-corrected chi connectivity index (χ4v) is 2.83. The Hall–Kier alpha value is -2.42. The first-order valence-corrected chi connectivity index (χ1v) is 7.14. The van der Waals surface area contributed by atoms with Gasteiger partial charge in [-0.2, -0.15) is 0 Å². The summed E-state index contributed by atoms with van der Waals surface area (Å²) in [6, 6.07) is 9.88. The fourth-order valence-electron chi connectivity index (χ4n) is 2.83. The second-order valence-electron chi connectivity index (χ2n) is 5.68. The molecule has 0 atom stereocenters. The van der Waals surface area contributed by atoms with Gasteiger partial charge in [0, 0.05) is 33.9 Å². The molecule has 21 heavy (non-hydrogen) atoms. The van der Waals surface area contributed by atoms with Crippen molar-refractivity contribution in [3.05, 3.63) is 53.3 Å². The monoisotopic (exact) mass is 278 g/mol. The lowest BCUT2D eigenvalue weighted by atomic mass is 9.95. The van der Waals surface area contributed by atoms with E-state index in [9.17, 15) is 4.79 Å². The maximum atomic E-state index is 11.0. The van der Waals surface area contributed by atoms with Crippen molar-refractivity contribution in [2.24, 2.45) is 0 Å². The molecule has 3 nitrogen and oxygen atoms in total. The molecule has 0 radical (unpaired) electrons. The number of aromatic nitrogens is 2. The lowest BCUT2D eigenvalue weighted by Gasteiger charge is -2.09. The Kier molecular flexibility index (Phi) is 3.34. The number of hydrogen-bond donors (Lipinski definition) is 1. The first-order chi connectivity index (χ1) is 10.1. The summed E-state index contributed by atoms with van der Waals surface area (Å²) in [6.07, 6.45) is 2.73. The molecule has 0 saturated carbocycles. The molecule has 0 aliphatic rings. The van der Waals surface area contributed by atoms with E-state index in [0.717, 1.165) is 34.1 Å². The highest BCUT2D eigenvalue weighted by Gasteiger charge is 2.16. The topological polar surface area (TPSA) is 45.8 Å². The maximum absolute atomic E-state index is 11.0. The molecule has 1 aromatic carbocycles. The second kappa shape index (κ2) is 5.17. The second-order valence-corrected chi connectivity index (χ2v) is 5.68. The van der Waals surface area contributed by atoms with Gasteiger partial charge in [-0.05, 0) is 48.7 Å². The van der Waals surface area contributed by atoms with Gasteiger partial charge in [0.05, 0.1) is 5.69 Å². The Morgan fingerprint density at radius 3 is 2.67 bits per heavy atom. The molecular weight excluding hydrogens is 260 g/mol. The van der Waals surface area contributed by atoms with Crippen LogP contribution in [0.1, 0.15) is 41.4 Å². The average molecular weight is 278 g/mol. The number of nitrogens with zero attached hydrogens (tertiary/aromatic N) is 1. The molecule has 2 heterocycles. The van der Waals surface area contributed by atoms with Crippen LogP contribution in [0.3, 0.4) is 0 Å². The molecule has 1 N–H and O–H groups in total. The van der Waals surface area contributed by atoms with Gasteiger partial charge in [-0.3, -0.25) is 9.78 Å². The zero-order valence-electron chi connectivity index (χ0n) is 12.5. The summed E-state index contributed by atoms with van der Waals surface area (Å²) >= 11 is 0. The Morgan fingerprint density at radius 2 is 2.00 bits per heavy atom. The summed E-state index contributed by atoms with van der Waals surface area (Å²) in [5.41, 5.74) is 6.27. The van der Waals surface area contributed by atoms with Crippen LogP contribution in [0, 0.1) is 6.92 Å². The molecule has 0 spiro atoms. The van der Waals surface area contributed by atoms with Crippen LogP contribution in [0.25, 0.3) is 22.2 Å². The lowest BCUT2D eigenvalue weighted by Crippen LogP contribution is -1.91. The number of H-pyrrole nitrogens is 1. The molecule has 0 unspecified atom stereocenters. The van der Waals surface area contributed by atoms with Gasteiger partial charge < -0.3 is 4.98 Å². The number of carbonyl (C=O) groups is 1. The van der Waals surface area contributed by atoms with Crippen molar-refractivity contribution >= 4 is 17.2 Å². The Bertz CT molecular complexity index is 815. The highest BCUT2D eigenvalue weighted by Crippen LogP contribution is 2.35. The third-order valence-electron chi connectivity index (χ3n) is 3.76. The van der Waals surface area contributed by atoms with Crippen molar-refractivity contribution in [3.63, 3.8) is 0 Å². The number of carbonyl (C=O) groups excluding carboxylic acids is 1.